The van der Waals surface area contributed by atoms with Gasteiger partial charge >= 0.3 is 0 Å². The Labute approximate surface area is 76.9 Å². The molecule has 0 aromatic carbocycles. The lowest BCUT2D eigenvalue weighted by atomic mass is 10.6. The van der Waals surface area contributed by atoms with Crippen molar-refractivity contribution in [1.82, 2.24) is 0 Å². The predicted molar refractivity (Wildman–Crippen MR) is 54.0 cm³/mol. The molecule has 1 aromatic rings. The lowest BCUT2D eigenvalue weighted by Crippen LogP contribution is -2.13. The molecule has 1 heterocycles. The van der Waals surface area contributed by atoms with Gasteiger partial charge < -0.3 is 0 Å². The fraction of sp³-hybridized carbons (Fsp3) is 0.429. The minimum Gasteiger partial charge on any atom is -0.298 e. The zero-order valence-electron chi connectivity index (χ0n) is 6.87. The van der Waals surface area contributed by atoms with Crippen LogP contribution in [0.15, 0.2) is 16.8 Å². The lowest BCUT2D eigenvalue weighted by molar-refractivity contribution is 0.677. The summed E-state index contributed by atoms with van der Waals surface area (Å²) in [5.74, 6) is 0.406. The number of anilines is 1. The van der Waals surface area contributed by atoms with Crippen molar-refractivity contribution in [2.24, 2.45) is 0 Å². The van der Waals surface area contributed by atoms with E-state index in [1.165, 1.54) is 11.3 Å². The second kappa shape index (κ2) is 3.91. The first-order valence-electron chi connectivity index (χ1n) is 3.70. The van der Waals surface area contributed by atoms with Gasteiger partial charge in [-0.1, -0.05) is 6.92 Å². The Hall–Kier alpha value is -0.550. The molecule has 0 saturated heterocycles. The second-order valence-corrected chi connectivity index (χ2v) is 5.24. The fourth-order valence-electron chi connectivity index (χ4n) is 0.851. The van der Waals surface area contributed by atoms with Gasteiger partial charge in [0.05, 0.1) is 5.69 Å². The molecule has 0 saturated carbocycles. The van der Waals surface area contributed by atoms with Gasteiger partial charge in [0.1, 0.15) is 9.92 Å². The van der Waals surface area contributed by atoms with Crippen LogP contribution >= 0.6 is 11.3 Å². The van der Waals surface area contributed by atoms with Crippen LogP contribution in [-0.2, 0) is 9.92 Å². The van der Waals surface area contributed by atoms with E-state index < -0.39 is 9.92 Å². The van der Waals surface area contributed by atoms with E-state index in [9.17, 15) is 4.21 Å². The molecule has 0 amide bonds. The molecule has 5 heteroatoms. The summed E-state index contributed by atoms with van der Waals surface area (Å²) in [7, 11) is -2.60. The summed E-state index contributed by atoms with van der Waals surface area (Å²) >= 11 is 1.53. The minimum absolute atomic E-state index is 0.406. The molecule has 12 heavy (non-hydrogen) atoms. The minimum atomic E-state index is -2.60. The maximum Gasteiger partial charge on any atom is 0.126 e. The van der Waals surface area contributed by atoms with E-state index in [1.54, 1.807) is 0 Å². The molecule has 3 nitrogen and oxygen atoms in total. The zero-order chi connectivity index (χ0) is 9.03. The molecule has 0 fully saturated rings. The SMILES string of the molecule is CCCS(=N)(=O)Nc1ccsc1. The maximum atomic E-state index is 11.4. The molecular weight excluding hydrogens is 192 g/mol. The molecule has 2 N–H and O–H groups in total. The van der Waals surface area contributed by atoms with Crippen molar-refractivity contribution in [2.45, 2.75) is 13.3 Å². The first-order chi connectivity index (χ1) is 5.64. The molecule has 1 rings (SSSR count). The van der Waals surface area contributed by atoms with Crippen molar-refractivity contribution in [3.8, 4) is 0 Å². The number of hydrogen-bond acceptors (Lipinski definition) is 3. The van der Waals surface area contributed by atoms with Crippen LogP contribution in [0.1, 0.15) is 13.3 Å². The van der Waals surface area contributed by atoms with Crippen molar-refractivity contribution in [3.63, 3.8) is 0 Å². The third kappa shape index (κ3) is 2.83. The average molecular weight is 204 g/mol. The number of thiophene rings is 1. The highest BCUT2D eigenvalue weighted by Gasteiger charge is 2.03. The molecule has 1 atom stereocenters. The summed E-state index contributed by atoms with van der Waals surface area (Å²) in [5.41, 5.74) is 0.786. The van der Waals surface area contributed by atoms with Gasteiger partial charge in [0.25, 0.3) is 0 Å². The first kappa shape index (κ1) is 9.54. The third-order valence-corrected chi connectivity index (χ3v) is 3.53. The molecule has 1 unspecified atom stereocenters. The summed E-state index contributed by atoms with van der Waals surface area (Å²) in [4.78, 5) is 0. The number of rotatable bonds is 4. The largest absolute Gasteiger partial charge is 0.298 e. The normalized spacial score (nSPS) is 15.4. The second-order valence-electron chi connectivity index (χ2n) is 2.49. The Kier molecular flexibility index (Phi) is 3.11. The quantitative estimate of drug-likeness (QED) is 0.778. The Bertz CT molecular complexity index is 315. The Morgan fingerprint density at radius 2 is 2.50 bits per heavy atom. The summed E-state index contributed by atoms with van der Waals surface area (Å²) < 4.78 is 21.5. The van der Waals surface area contributed by atoms with Gasteiger partial charge in [-0.15, -0.1) is 0 Å². The topological polar surface area (TPSA) is 53.0 Å². The molecule has 68 valence electrons. The van der Waals surface area contributed by atoms with Crippen LogP contribution in [-0.4, -0.2) is 9.96 Å². The molecule has 0 radical (unpaired) electrons. The van der Waals surface area contributed by atoms with Crippen LogP contribution in [0.5, 0.6) is 0 Å². The van der Waals surface area contributed by atoms with E-state index in [0.29, 0.717) is 5.75 Å². The first-order valence-corrected chi connectivity index (χ1v) is 6.37. The van der Waals surface area contributed by atoms with Crippen LogP contribution < -0.4 is 4.72 Å². The van der Waals surface area contributed by atoms with Crippen LogP contribution in [0.4, 0.5) is 5.69 Å². The van der Waals surface area contributed by atoms with Crippen molar-refractivity contribution in [2.75, 3.05) is 10.5 Å². The molecule has 0 bridgehead atoms. The molecule has 1 aromatic heterocycles. The summed E-state index contributed by atoms with van der Waals surface area (Å²) in [5, 5.41) is 3.74. The van der Waals surface area contributed by atoms with Gasteiger partial charge in [-0.2, -0.15) is 11.3 Å². The van der Waals surface area contributed by atoms with Crippen molar-refractivity contribution in [3.05, 3.63) is 16.8 Å². The van der Waals surface area contributed by atoms with Gasteiger partial charge in [-0.05, 0) is 17.9 Å². The summed E-state index contributed by atoms with van der Waals surface area (Å²) in [6.45, 7) is 1.92. The zero-order valence-corrected chi connectivity index (χ0v) is 8.50. The van der Waals surface area contributed by atoms with E-state index in [4.69, 9.17) is 4.78 Å². The van der Waals surface area contributed by atoms with Crippen molar-refractivity contribution in [1.29, 1.82) is 4.78 Å². The van der Waals surface area contributed by atoms with E-state index in [-0.39, 0.29) is 0 Å². The molecule has 0 aliphatic carbocycles. The number of hydrogen-bond donors (Lipinski definition) is 2. The lowest BCUT2D eigenvalue weighted by Gasteiger charge is -2.06. The highest BCUT2D eigenvalue weighted by Crippen LogP contribution is 2.13. The average Bonchev–Trinajstić information content (AvgIpc) is 2.38. The molecule has 0 aliphatic heterocycles. The third-order valence-electron chi connectivity index (χ3n) is 1.30. The van der Waals surface area contributed by atoms with Gasteiger partial charge in [0.2, 0.25) is 0 Å². The van der Waals surface area contributed by atoms with Gasteiger partial charge in [-0.3, -0.25) is 4.72 Å². The van der Waals surface area contributed by atoms with E-state index >= 15 is 0 Å². The molecule has 0 aliphatic rings. The maximum absolute atomic E-state index is 11.4. The highest BCUT2D eigenvalue weighted by molar-refractivity contribution is 7.93. The van der Waals surface area contributed by atoms with Crippen LogP contribution in [0.3, 0.4) is 0 Å². The Balaban J connectivity index is 2.63. The van der Waals surface area contributed by atoms with E-state index in [1.807, 2.05) is 23.8 Å². The monoisotopic (exact) mass is 204 g/mol. The molecule has 0 spiro atoms. The van der Waals surface area contributed by atoms with Crippen LogP contribution in [0.25, 0.3) is 0 Å². The summed E-state index contributed by atoms with van der Waals surface area (Å²) in [6.07, 6.45) is 0.763. The summed E-state index contributed by atoms with van der Waals surface area (Å²) in [6, 6.07) is 1.83. The predicted octanol–water partition coefficient (Wildman–Crippen LogP) is 2.53. The number of nitrogens with one attached hydrogen (secondary N) is 2. The highest BCUT2D eigenvalue weighted by atomic mass is 32.2. The Morgan fingerprint density at radius 1 is 1.75 bits per heavy atom. The standard InChI is InChI=1S/C7H12N2OS2/c1-2-5-12(8,10)9-7-3-4-11-6-7/h3-4,6H,2,5H2,1H3,(H2,8,9,10). The Morgan fingerprint density at radius 3 is 3.00 bits per heavy atom. The van der Waals surface area contributed by atoms with Gasteiger partial charge in [0.15, 0.2) is 0 Å². The molecular formula is C7H12N2OS2. The fourth-order valence-corrected chi connectivity index (χ4v) is 2.70. The van der Waals surface area contributed by atoms with Crippen LogP contribution in [0.2, 0.25) is 0 Å². The van der Waals surface area contributed by atoms with Crippen LogP contribution in [0, 0.1) is 4.78 Å². The van der Waals surface area contributed by atoms with Gasteiger partial charge in [0, 0.05) is 11.1 Å². The van der Waals surface area contributed by atoms with Gasteiger partial charge in [-0.25, -0.2) is 8.99 Å². The van der Waals surface area contributed by atoms with E-state index in [2.05, 4.69) is 4.72 Å². The van der Waals surface area contributed by atoms with Crippen molar-refractivity contribution >= 4 is 26.9 Å². The smallest absolute Gasteiger partial charge is 0.126 e. The van der Waals surface area contributed by atoms with Crippen molar-refractivity contribution < 1.29 is 4.21 Å². The van der Waals surface area contributed by atoms with E-state index in [0.717, 1.165) is 12.1 Å².